The largest absolute Gasteiger partial charge is 0.307 e. The number of piperidine rings is 1. The molecule has 1 aliphatic rings. The van der Waals surface area contributed by atoms with E-state index < -0.39 is 0 Å². The molecule has 2 unspecified atom stereocenters. The molecule has 0 aromatic rings. The molecule has 70 valence electrons. The second kappa shape index (κ2) is 6.27. The Hall–Kier alpha value is -0.270. The predicted octanol–water partition coefficient (Wildman–Crippen LogP) is 2.68. The van der Waals surface area contributed by atoms with Crippen LogP contribution in [0.4, 0.5) is 0 Å². The molecule has 1 nitrogen and oxygen atoms in total. The molecule has 12 heavy (non-hydrogen) atoms. The second-order valence-electron chi connectivity index (χ2n) is 3.16. The van der Waals surface area contributed by atoms with Gasteiger partial charge < -0.3 is 5.32 Å². The zero-order valence-electron chi connectivity index (χ0n) is 7.46. The highest BCUT2D eigenvalue weighted by Gasteiger charge is 2.16. The first kappa shape index (κ1) is 11.7. The smallest absolute Gasteiger partial charge is 0.0250 e. The number of nitrogens with one attached hydrogen (secondary N) is 1. The molecule has 0 aromatic heterocycles. The Balaban J connectivity index is 0.00000121. The summed E-state index contributed by atoms with van der Waals surface area (Å²) >= 11 is 0. The summed E-state index contributed by atoms with van der Waals surface area (Å²) in [4.78, 5) is 0. The average Bonchev–Trinajstić information content (AvgIpc) is 2.06. The standard InChI is InChI=1S/C10H17N.ClH/c1-3-6-10-8-5-7-9(4-2)11-10;/h3-4,9-11H,1-2,5-8H2;1H. The molecule has 0 saturated carbocycles. The van der Waals surface area contributed by atoms with E-state index in [1.807, 2.05) is 12.2 Å². The van der Waals surface area contributed by atoms with Crippen LogP contribution in [-0.2, 0) is 0 Å². The average molecular weight is 188 g/mol. The first-order valence-electron chi connectivity index (χ1n) is 4.36. The Morgan fingerprint density at radius 3 is 2.67 bits per heavy atom. The van der Waals surface area contributed by atoms with Gasteiger partial charge in [0.2, 0.25) is 0 Å². The second-order valence-corrected chi connectivity index (χ2v) is 3.16. The number of halogens is 1. The molecule has 2 atom stereocenters. The van der Waals surface area contributed by atoms with Crippen LogP contribution in [0.2, 0.25) is 0 Å². The van der Waals surface area contributed by atoms with Gasteiger partial charge in [-0.15, -0.1) is 25.6 Å². The monoisotopic (exact) mass is 187 g/mol. The van der Waals surface area contributed by atoms with Crippen LogP contribution in [-0.4, -0.2) is 12.1 Å². The maximum atomic E-state index is 3.79. The Morgan fingerprint density at radius 1 is 1.33 bits per heavy atom. The van der Waals surface area contributed by atoms with E-state index in [9.17, 15) is 0 Å². The Labute approximate surface area is 81.3 Å². The molecule has 1 heterocycles. The molecule has 2 heteroatoms. The van der Waals surface area contributed by atoms with E-state index in [0.717, 1.165) is 6.42 Å². The molecule has 1 aliphatic heterocycles. The van der Waals surface area contributed by atoms with Crippen LogP contribution in [0, 0.1) is 0 Å². The lowest BCUT2D eigenvalue weighted by Crippen LogP contribution is -2.40. The van der Waals surface area contributed by atoms with Gasteiger partial charge in [0, 0.05) is 12.1 Å². The Kier molecular flexibility index (Phi) is 6.13. The summed E-state index contributed by atoms with van der Waals surface area (Å²) in [5, 5.41) is 3.51. The minimum Gasteiger partial charge on any atom is -0.307 e. The quantitative estimate of drug-likeness (QED) is 0.670. The van der Waals surface area contributed by atoms with Crippen LogP contribution in [0.5, 0.6) is 0 Å². The van der Waals surface area contributed by atoms with Gasteiger partial charge in [0.25, 0.3) is 0 Å². The van der Waals surface area contributed by atoms with Crippen molar-refractivity contribution >= 4 is 12.4 Å². The van der Waals surface area contributed by atoms with Crippen molar-refractivity contribution in [2.75, 3.05) is 0 Å². The van der Waals surface area contributed by atoms with E-state index >= 15 is 0 Å². The molecule has 1 rings (SSSR count). The van der Waals surface area contributed by atoms with Crippen molar-refractivity contribution in [3.05, 3.63) is 25.3 Å². The van der Waals surface area contributed by atoms with Gasteiger partial charge in [0.05, 0.1) is 0 Å². The van der Waals surface area contributed by atoms with Gasteiger partial charge in [-0.25, -0.2) is 0 Å². The summed E-state index contributed by atoms with van der Waals surface area (Å²) in [6, 6.07) is 1.18. The molecule has 1 N–H and O–H groups in total. The van der Waals surface area contributed by atoms with Gasteiger partial charge in [-0.05, 0) is 19.3 Å². The molecule has 1 fully saturated rings. The molecular weight excluding hydrogens is 170 g/mol. The minimum absolute atomic E-state index is 0. The summed E-state index contributed by atoms with van der Waals surface area (Å²) in [7, 11) is 0. The zero-order chi connectivity index (χ0) is 8.10. The molecule has 0 spiro atoms. The zero-order valence-corrected chi connectivity index (χ0v) is 8.28. The van der Waals surface area contributed by atoms with Crippen LogP contribution >= 0.6 is 12.4 Å². The lowest BCUT2D eigenvalue weighted by Gasteiger charge is -2.28. The fraction of sp³-hybridized carbons (Fsp3) is 0.600. The lowest BCUT2D eigenvalue weighted by molar-refractivity contribution is 0.358. The molecule has 1 saturated heterocycles. The van der Waals surface area contributed by atoms with E-state index in [0.29, 0.717) is 12.1 Å². The van der Waals surface area contributed by atoms with E-state index in [4.69, 9.17) is 0 Å². The van der Waals surface area contributed by atoms with Crippen molar-refractivity contribution in [1.82, 2.24) is 5.32 Å². The predicted molar refractivity (Wildman–Crippen MR) is 56.8 cm³/mol. The van der Waals surface area contributed by atoms with Crippen molar-refractivity contribution in [3.63, 3.8) is 0 Å². The molecule has 0 aromatic carbocycles. The van der Waals surface area contributed by atoms with E-state index in [1.54, 1.807) is 0 Å². The SMILES string of the molecule is C=CCC1CCCC(C=C)N1.Cl. The van der Waals surface area contributed by atoms with E-state index in [1.165, 1.54) is 19.3 Å². The molecule has 0 radical (unpaired) electrons. The molecule has 0 amide bonds. The van der Waals surface area contributed by atoms with Crippen molar-refractivity contribution < 1.29 is 0 Å². The maximum Gasteiger partial charge on any atom is 0.0250 e. The highest BCUT2D eigenvalue weighted by molar-refractivity contribution is 5.85. The third-order valence-corrected chi connectivity index (χ3v) is 2.25. The van der Waals surface area contributed by atoms with Gasteiger partial charge in [-0.2, -0.15) is 0 Å². The van der Waals surface area contributed by atoms with Gasteiger partial charge in [0.1, 0.15) is 0 Å². The Bertz CT molecular complexity index is 145. The summed E-state index contributed by atoms with van der Waals surface area (Å²) < 4.78 is 0. The van der Waals surface area contributed by atoms with Crippen molar-refractivity contribution in [1.29, 1.82) is 0 Å². The highest BCUT2D eigenvalue weighted by atomic mass is 35.5. The van der Waals surface area contributed by atoms with Crippen molar-refractivity contribution in [3.8, 4) is 0 Å². The molecule has 0 aliphatic carbocycles. The summed E-state index contributed by atoms with van der Waals surface area (Å²) in [5.74, 6) is 0. The van der Waals surface area contributed by atoms with Gasteiger partial charge >= 0.3 is 0 Å². The lowest BCUT2D eigenvalue weighted by atomic mass is 9.97. The summed E-state index contributed by atoms with van der Waals surface area (Å²) in [6.07, 6.45) is 8.94. The van der Waals surface area contributed by atoms with Crippen LogP contribution < -0.4 is 5.32 Å². The fourth-order valence-electron chi connectivity index (χ4n) is 1.63. The van der Waals surface area contributed by atoms with Gasteiger partial charge in [0.15, 0.2) is 0 Å². The third-order valence-electron chi connectivity index (χ3n) is 2.25. The van der Waals surface area contributed by atoms with Crippen LogP contribution in [0.15, 0.2) is 25.3 Å². The first-order valence-corrected chi connectivity index (χ1v) is 4.36. The van der Waals surface area contributed by atoms with Crippen LogP contribution in [0.3, 0.4) is 0 Å². The fourth-order valence-corrected chi connectivity index (χ4v) is 1.63. The Morgan fingerprint density at radius 2 is 2.08 bits per heavy atom. The van der Waals surface area contributed by atoms with Gasteiger partial charge in [-0.1, -0.05) is 18.6 Å². The van der Waals surface area contributed by atoms with E-state index in [2.05, 4.69) is 18.5 Å². The third kappa shape index (κ3) is 3.42. The molecular formula is C10H18ClN. The topological polar surface area (TPSA) is 12.0 Å². The number of hydrogen-bond donors (Lipinski definition) is 1. The van der Waals surface area contributed by atoms with Gasteiger partial charge in [-0.3, -0.25) is 0 Å². The number of rotatable bonds is 3. The highest BCUT2D eigenvalue weighted by Crippen LogP contribution is 2.15. The van der Waals surface area contributed by atoms with Crippen molar-refractivity contribution in [2.24, 2.45) is 0 Å². The summed E-state index contributed by atoms with van der Waals surface area (Å²) in [6.45, 7) is 7.53. The first-order chi connectivity index (χ1) is 5.36. The van der Waals surface area contributed by atoms with Crippen LogP contribution in [0.25, 0.3) is 0 Å². The number of hydrogen-bond acceptors (Lipinski definition) is 1. The normalized spacial score (nSPS) is 28.7. The minimum atomic E-state index is 0. The van der Waals surface area contributed by atoms with E-state index in [-0.39, 0.29) is 12.4 Å². The summed E-state index contributed by atoms with van der Waals surface area (Å²) in [5.41, 5.74) is 0. The van der Waals surface area contributed by atoms with Crippen molar-refractivity contribution in [2.45, 2.75) is 37.8 Å². The maximum absolute atomic E-state index is 3.79. The molecule has 0 bridgehead atoms. The van der Waals surface area contributed by atoms with Crippen LogP contribution in [0.1, 0.15) is 25.7 Å².